The second-order valence-corrected chi connectivity index (χ2v) is 8.62. The molecular formula is C21H21N3O3S. The molecule has 0 radical (unpaired) electrons. The van der Waals surface area contributed by atoms with Crippen molar-refractivity contribution in [2.45, 2.75) is 31.1 Å². The predicted octanol–water partition coefficient (Wildman–Crippen LogP) is 3.04. The van der Waals surface area contributed by atoms with Gasteiger partial charge in [-0.05, 0) is 53.6 Å². The fourth-order valence-electron chi connectivity index (χ4n) is 3.01. The Balaban J connectivity index is 1.81. The molecular weight excluding hydrogens is 374 g/mol. The van der Waals surface area contributed by atoms with Crippen molar-refractivity contribution in [3.8, 4) is 6.07 Å². The van der Waals surface area contributed by atoms with E-state index in [1.807, 2.05) is 24.3 Å². The number of hydrogen-bond donors (Lipinski definition) is 2. The Bertz CT molecular complexity index is 1220. The Hall–Kier alpha value is -2.95. The van der Waals surface area contributed by atoms with Crippen LogP contribution >= 0.6 is 0 Å². The lowest BCUT2D eigenvalue weighted by molar-refractivity contribution is 0.581. The van der Waals surface area contributed by atoms with Crippen LogP contribution in [0.2, 0.25) is 0 Å². The van der Waals surface area contributed by atoms with Crippen LogP contribution in [0.15, 0.2) is 58.2 Å². The van der Waals surface area contributed by atoms with E-state index >= 15 is 0 Å². The number of sulfonamides is 1. The molecule has 1 heterocycles. The molecule has 3 aromatic rings. The van der Waals surface area contributed by atoms with E-state index in [2.05, 4.69) is 23.6 Å². The summed E-state index contributed by atoms with van der Waals surface area (Å²) in [7, 11) is -3.83. The maximum absolute atomic E-state index is 12.5. The van der Waals surface area contributed by atoms with Crippen molar-refractivity contribution < 1.29 is 8.42 Å². The van der Waals surface area contributed by atoms with Gasteiger partial charge in [-0.1, -0.05) is 32.0 Å². The number of hydrogen-bond acceptors (Lipinski definition) is 4. The summed E-state index contributed by atoms with van der Waals surface area (Å²) in [4.78, 5) is 15.1. The molecule has 0 aliphatic rings. The molecule has 6 nitrogen and oxygen atoms in total. The van der Waals surface area contributed by atoms with Gasteiger partial charge < -0.3 is 4.98 Å². The lowest BCUT2D eigenvalue weighted by Gasteiger charge is -2.10. The number of nitriles is 1. The number of aromatic nitrogens is 1. The maximum Gasteiger partial charge on any atom is 0.251 e. The number of rotatable bonds is 6. The van der Waals surface area contributed by atoms with Gasteiger partial charge in [-0.15, -0.1) is 0 Å². The van der Waals surface area contributed by atoms with Crippen molar-refractivity contribution in [3.05, 3.63) is 75.6 Å². The van der Waals surface area contributed by atoms with E-state index in [9.17, 15) is 13.2 Å². The minimum Gasteiger partial charge on any atom is -0.322 e. The molecule has 7 heteroatoms. The standard InChI is InChI=1S/C21H21N3O3S/c1-14(2)15-7-8-19-18(11-15)12-16(21(25)24-19)9-10-23-28(26,27)20-6-4-3-5-17(20)13-22/h3-8,11-12,14,23H,9-10H2,1-2H3,(H,24,25). The van der Waals surface area contributed by atoms with Gasteiger partial charge in [-0.25, -0.2) is 13.1 Å². The molecule has 0 amide bonds. The number of nitrogens with zero attached hydrogens (tertiary/aromatic N) is 1. The molecule has 0 aliphatic heterocycles. The van der Waals surface area contributed by atoms with Gasteiger partial charge in [0.15, 0.2) is 0 Å². The molecule has 1 aromatic heterocycles. The second kappa shape index (κ2) is 7.97. The summed E-state index contributed by atoms with van der Waals surface area (Å²) in [5.74, 6) is 0.367. The second-order valence-electron chi connectivity index (χ2n) is 6.88. The number of aromatic amines is 1. The zero-order valence-corrected chi connectivity index (χ0v) is 16.5. The van der Waals surface area contributed by atoms with Crippen molar-refractivity contribution in [2.24, 2.45) is 0 Å². The smallest absolute Gasteiger partial charge is 0.251 e. The summed E-state index contributed by atoms with van der Waals surface area (Å²) in [6, 6.07) is 15.6. The Morgan fingerprint density at radius 1 is 1.14 bits per heavy atom. The Morgan fingerprint density at radius 2 is 1.89 bits per heavy atom. The SMILES string of the molecule is CC(C)c1ccc2[nH]c(=O)c(CCNS(=O)(=O)c3ccccc3C#N)cc2c1. The van der Waals surface area contributed by atoms with Gasteiger partial charge in [0.1, 0.15) is 6.07 Å². The van der Waals surface area contributed by atoms with Crippen LogP contribution in [0.25, 0.3) is 10.9 Å². The fraction of sp³-hybridized carbons (Fsp3) is 0.238. The van der Waals surface area contributed by atoms with Crippen molar-refractivity contribution in [3.63, 3.8) is 0 Å². The van der Waals surface area contributed by atoms with Gasteiger partial charge in [0.05, 0.1) is 10.5 Å². The van der Waals surface area contributed by atoms with Crippen LogP contribution in [0.4, 0.5) is 0 Å². The summed E-state index contributed by atoms with van der Waals surface area (Å²) >= 11 is 0. The molecule has 2 N–H and O–H groups in total. The van der Waals surface area contributed by atoms with E-state index in [1.54, 1.807) is 18.2 Å². The molecule has 0 saturated heterocycles. The van der Waals surface area contributed by atoms with Crippen molar-refractivity contribution >= 4 is 20.9 Å². The van der Waals surface area contributed by atoms with Crippen molar-refractivity contribution in [1.82, 2.24) is 9.71 Å². The van der Waals surface area contributed by atoms with Crippen LogP contribution in [-0.4, -0.2) is 19.9 Å². The Morgan fingerprint density at radius 3 is 2.61 bits per heavy atom. The van der Waals surface area contributed by atoms with Crippen LogP contribution in [0.3, 0.4) is 0 Å². The summed E-state index contributed by atoms with van der Waals surface area (Å²) < 4.78 is 27.4. The van der Waals surface area contributed by atoms with E-state index < -0.39 is 10.0 Å². The molecule has 0 unspecified atom stereocenters. The lowest BCUT2D eigenvalue weighted by atomic mass is 10.0. The highest BCUT2D eigenvalue weighted by Crippen LogP contribution is 2.20. The molecule has 0 aliphatic carbocycles. The number of nitrogens with one attached hydrogen (secondary N) is 2. The number of benzene rings is 2. The maximum atomic E-state index is 12.5. The van der Waals surface area contributed by atoms with Crippen LogP contribution < -0.4 is 10.3 Å². The zero-order valence-electron chi connectivity index (χ0n) is 15.7. The summed E-state index contributed by atoms with van der Waals surface area (Å²) in [5, 5.41) is 10.0. The van der Waals surface area contributed by atoms with E-state index in [0.717, 1.165) is 10.9 Å². The van der Waals surface area contributed by atoms with E-state index in [0.29, 0.717) is 11.5 Å². The normalized spacial score (nSPS) is 11.6. The first-order chi connectivity index (χ1) is 13.3. The summed E-state index contributed by atoms with van der Waals surface area (Å²) in [6.45, 7) is 4.25. The van der Waals surface area contributed by atoms with E-state index in [-0.39, 0.29) is 29.0 Å². The highest BCUT2D eigenvalue weighted by atomic mass is 32.2. The van der Waals surface area contributed by atoms with Crippen LogP contribution in [0.1, 0.15) is 36.5 Å². The lowest BCUT2D eigenvalue weighted by Crippen LogP contribution is -2.28. The number of H-pyrrole nitrogens is 1. The molecule has 3 rings (SSSR count). The first-order valence-corrected chi connectivity index (χ1v) is 10.4. The fourth-order valence-corrected chi connectivity index (χ4v) is 4.19. The van der Waals surface area contributed by atoms with Gasteiger partial charge >= 0.3 is 0 Å². The van der Waals surface area contributed by atoms with Crippen molar-refractivity contribution in [2.75, 3.05) is 6.54 Å². The molecule has 0 atom stereocenters. The summed E-state index contributed by atoms with van der Waals surface area (Å²) in [5.41, 5.74) is 2.27. The third kappa shape index (κ3) is 4.14. The monoisotopic (exact) mass is 395 g/mol. The Kier molecular flexibility index (Phi) is 5.63. The molecule has 28 heavy (non-hydrogen) atoms. The van der Waals surface area contributed by atoms with Gasteiger partial charge in [0, 0.05) is 17.6 Å². The highest BCUT2D eigenvalue weighted by Gasteiger charge is 2.17. The number of pyridine rings is 1. The molecule has 144 valence electrons. The zero-order chi connectivity index (χ0) is 20.3. The minimum absolute atomic E-state index is 0.0561. The Labute approximate surface area is 163 Å². The average molecular weight is 395 g/mol. The number of fused-ring (bicyclic) bond motifs is 1. The average Bonchev–Trinajstić information content (AvgIpc) is 2.67. The predicted molar refractivity (Wildman–Crippen MR) is 109 cm³/mol. The minimum atomic E-state index is -3.83. The molecule has 0 saturated carbocycles. The largest absolute Gasteiger partial charge is 0.322 e. The van der Waals surface area contributed by atoms with E-state index in [4.69, 9.17) is 5.26 Å². The van der Waals surface area contributed by atoms with Crippen molar-refractivity contribution in [1.29, 1.82) is 5.26 Å². The summed E-state index contributed by atoms with van der Waals surface area (Å²) in [6.07, 6.45) is 0.241. The molecule has 0 spiro atoms. The van der Waals surface area contributed by atoms with E-state index in [1.165, 1.54) is 17.7 Å². The van der Waals surface area contributed by atoms with Gasteiger partial charge in [0.25, 0.3) is 5.56 Å². The third-order valence-electron chi connectivity index (χ3n) is 4.60. The first-order valence-electron chi connectivity index (χ1n) is 8.96. The molecule has 0 fully saturated rings. The first kappa shape index (κ1) is 19.8. The molecule has 2 aromatic carbocycles. The van der Waals surface area contributed by atoms with Crippen LogP contribution in [0.5, 0.6) is 0 Å². The van der Waals surface area contributed by atoms with Gasteiger partial charge in [-0.2, -0.15) is 5.26 Å². The highest BCUT2D eigenvalue weighted by molar-refractivity contribution is 7.89. The third-order valence-corrected chi connectivity index (χ3v) is 6.11. The topological polar surface area (TPSA) is 103 Å². The van der Waals surface area contributed by atoms with Crippen LogP contribution in [-0.2, 0) is 16.4 Å². The van der Waals surface area contributed by atoms with Gasteiger partial charge in [0.2, 0.25) is 10.0 Å². The van der Waals surface area contributed by atoms with Gasteiger partial charge in [-0.3, -0.25) is 4.79 Å². The molecule has 0 bridgehead atoms. The quantitative estimate of drug-likeness (QED) is 0.669. The van der Waals surface area contributed by atoms with Crippen LogP contribution in [0, 0.1) is 11.3 Å².